The van der Waals surface area contributed by atoms with Crippen LogP contribution in [0.3, 0.4) is 0 Å². The third kappa shape index (κ3) is 4.79. The van der Waals surface area contributed by atoms with E-state index in [0.29, 0.717) is 29.4 Å². The van der Waals surface area contributed by atoms with Gasteiger partial charge in [-0.05, 0) is 69.7 Å². The summed E-state index contributed by atoms with van der Waals surface area (Å²) in [6.07, 6.45) is 0. The van der Waals surface area contributed by atoms with Crippen LogP contribution in [-0.4, -0.2) is 22.4 Å². The number of nitrogens with two attached hydrogens (primary N) is 2. The highest BCUT2D eigenvalue weighted by atomic mass is 16.5. The summed E-state index contributed by atoms with van der Waals surface area (Å²) >= 11 is 0. The van der Waals surface area contributed by atoms with Gasteiger partial charge in [-0.15, -0.1) is 0 Å². The summed E-state index contributed by atoms with van der Waals surface area (Å²) in [5.41, 5.74) is 7.02. The highest BCUT2D eigenvalue weighted by molar-refractivity contribution is 5.91. The minimum absolute atomic E-state index is 0.150. The summed E-state index contributed by atoms with van der Waals surface area (Å²) in [6.45, 7) is 8.44. The maximum absolute atomic E-state index is 11.9. The van der Waals surface area contributed by atoms with Crippen LogP contribution in [0.1, 0.15) is 29.4 Å². The Morgan fingerprint density at radius 3 is 2.52 bits per heavy atom. The summed E-state index contributed by atoms with van der Waals surface area (Å²) in [5.74, 6) is 12.4. The lowest BCUT2D eigenvalue weighted by molar-refractivity contribution is 0.246. The minimum Gasteiger partial charge on any atom is -0.493 e. The number of urea groups is 1. The van der Waals surface area contributed by atoms with Crippen LogP contribution < -0.4 is 31.6 Å². The fourth-order valence-corrected chi connectivity index (χ4v) is 3.36. The molecule has 0 aliphatic carbocycles. The first-order valence-electron chi connectivity index (χ1n) is 9.92. The van der Waals surface area contributed by atoms with Crippen molar-refractivity contribution in [3.63, 3.8) is 0 Å². The Morgan fingerprint density at radius 2 is 1.90 bits per heavy atom. The number of amides is 2. The zero-order chi connectivity index (χ0) is 22.5. The van der Waals surface area contributed by atoms with E-state index in [1.807, 2.05) is 62.1 Å². The number of aromatic nitrogens is 2. The molecule has 0 aliphatic rings. The first-order valence-corrected chi connectivity index (χ1v) is 9.92. The van der Waals surface area contributed by atoms with Gasteiger partial charge in [-0.3, -0.25) is 5.43 Å². The second kappa shape index (κ2) is 9.50. The van der Waals surface area contributed by atoms with E-state index in [2.05, 4.69) is 5.10 Å². The average molecular weight is 425 g/mol. The molecule has 0 aliphatic heterocycles. The van der Waals surface area contributed by atoms with E-state index in [4.69, 9.17) is 21.2 Å². The standard InChI is InChI=1S/C22H28N6O3/c1-5-30-21-8-6-7-19(27(24)22(29)25-23)18(21)13-31-20-10-9-17(11-14(20)2)28-16(4)12-15(3)26-28/h6-12H,5,13,23-24H2,1-4H3,(H,25,29). The normalized spacial score (nSPS) is 10.6. The maximum Gasteiger partial charge on any atom is 0.350 e. The van der Waals surface area contributed by atoms with Gasteiger partial charge in [0.2, 0.25) is 0 Å². The summed E-state index contributed by atoms with van der Waals surface area (Å²) < 4.78 is 13.7. The molecule has 0 radical (unpaired) electrons. The molecule has 0 saturated carbocycles. The van der Waals surface area contributed by atoms with Crippen LogP contribution in [-0.2, 0) is 6.61 Å². The lowest BCUT2D eigenvalue weighted by Gasteiger charge is -2.22. The number of aryl methyl sites for hydroxylation is 3. The highest BCUT2D eigenvalue weighted by Crippen LogP contribution is 2.31. The topological polar surface area (TPSA) is 121 Å². The van der Waals surface area contributed by atoms with Crippen LogP contribution in [0.4, 0.5) is 10.5 Å². The average Bonchev–Trinajstić information content (AvgIpc) is 3.10. The number of hydrogen-bond acceptors (Lipinski definition) is 6. The van der Waals surface area contributed by atoms with Gasteiger partial charge in [0.05, 0.1) is 29.2 Å². The molecule has 2 aromatic carbocycles. The van der Waals surface area contributed by atoms with Crippen molar-refractivity contribution in [3.05, 3.63) is 65.0 Å². The fraction of sp³-hybridized carbons (Fsp3) is 0.273. The Labute approximate surface area is 181 Å². The van der Waals surface area contributed by atoms with Gasteiger partial charge < -0.3 is 9.47 Å². The van der Waals surface area contributed by atoms with E-state index in [-0.39, 0.29) is 6.61 Å². The first kappa shape index (κ1) is 22.1. The number of hydrazine groups is 2. The Hall–Kier alpha value is -3.56. The number of rotatable bonds is 7. The molecule has 0 atom stereocenters. The number of nitrogens with one attached hydrogen (secondary N) is 1. The van der Waals surface area contributed by atoms with Crippen molar-refractivity contribution in [1.82, 2.24) is 15.2 Å². The number of carbonyl (C=O) groups is 1. The molecule has 2 amide bonds. The van der Waals surface area contributed by atoms with Gasteiger partial charge >= 0.3 is 6.03 Å². The van der Waals surface area contributed by atoms with E-state index in [0.717, 1.165) is 27.6 Å². The molecule has 5 N–H and O–H groups in total. The second-order valence-electron chi connectivity index (χ2n) is 7.08. The summed E-state index contributed by atoms with van der Waals surface area (Å²) in [6, 6.07) is 12.5. The minimum atomic E-state index is -0.652. The Kier molecular flexibility index (Phi) is 6.78. The molecule has 0 bridgehead atoms. The molecular weight excluding hydrogens is 396 g/mol. The number of ether oxygens (including phenoxy) is 2. The Bertz CT molecular complexity index is 1080. The van der Waals surface area contributed by atoms with E-state index < -0.39 is 6.03 Å². The van der Waals surface area contributed by atoms with Gasteiger partial charge in [-0.2, -0.15) is 5.10 Å². The zero-order valence-corrected chi connectivity index (χ0v) is 18.2. The number of hydrogen-bond donors (Lipinski definition) is 3. The smallest absolute Gasteiger partial charge is 0.350 e. The molecule has 3 rings (SSSR count). The van der Waals surface area contributed by atoms with E-state index >= 15 is 0 Å². The molecule has 0 saturated heterocycles. The van der Waals surface area contributed by atoms with Crippen molar-refractivity contribution in [2.45, 2.75) is 34.3 Å². The third-order valence-electron chi connectivity index (χ3n) is 4.79. The molecule has 9 heteroatoms. The van der Waals surface area contributed by atoms with Crippen LogP contribution in [0.15, 0.2) is 42.5 Å². The zero-order valence-electron chi connectivity index (χ0n) is 18.2. The third-order valence-corrected chi connectivity index (χ3v) is 4.79. The van der Waals surface area contributed by atoms with Gasteiger partial charge in [0.25, 0.3) is 0 Å². The Morgan fingerprint density at radius 1 is 1.13 bits per heavy atom. The monoisotopic (exact) mass is 424 g/mol. The number of nitrogens with zero attached hydrogens (tertiary/aromatic N) is 3. The van der Waals surface area contributed by atoms with Gasteiger partial charge in [-0.25, -0.2) is 26.2 Å². The largest absolute Gasteiger partial charge is 0.493 e. The van der Waals surface area contributed by atoms with Crippen LogP contribution in [0.25, 0.3) is 5.69 Å². The molecule has 1 heterocycles. The summed E-state index contributed by atoms with van der Waals surface area (Å²) in [7, 11) is 0. The predicted octanol–water partition coefficient (Wildman–Crippen LogP) is 3.04. The van der Waals surface area contributed by atoms with Crippen molar-refractivity contribution in [1.29, 1.82) is 0 Å². The molecule has 164 valence electrons. The molecule has 9 nitrogen and oxygen atoms in total. The van der Waals surface area contributed by atoms with E-state index in [1.54, 1.807) is 18.2 Å². The summed E-state index contributed by atoms with van der Waals surface area (Å²) in [5, 5.41) is 5.45. The molecule has 0 spiro atoms. The molecule has 0 unspecified atom stereocenters. The molecule has 1 aromatic heterocycles. The second-order valence-corrected chi connectivity index (χ2v) is 7.08. The van der Waals surface area contributed by atoms with Crippen molar-refractivity contribution in [3.8, 4) is 17.2 Å². The Balaban J connectivity index is 1.88. The number of anilines is 1. The van der Waals surface area contributed by atoms with Crippen LogP contribution in [0.2, 0.25) is 0 Å². The summed E-state index contributed by atoms with van der Waals surface area (Å²) in [4.78, 5) is 11.9. The van der Waals surface area contributed by atoms with Gasteiger partial charge in [-0.1, -0.05) is 6.07 Å². The fourth-order valence-electron chi connectivity index (χ4n) is 3.36. The van der Waals surface area contributed by atoms with Crippen molar-refractivity contribution in [2.75, 3.05) is 11.6 Å². The molecule has 3 aromatic rings. The quantitative estimate of drug-likeness (QED) is 0.305. The van der Waals surface area contributed by atoms with Crippen molar-refractivity contribution < 1.29 is 14.3 Å². The first-order chi connectivity index (χ1) is 14.8. The van der Waals surface area contributed by atoms with Gasteiger partial charge in [0.15, 0.2) is 0 Å². The van der Waals surface area contributed by atoms with Crippen LogP contribution in [0.5, 0.6) is 11.5 Å². The number of carbonyl (C=O) groups excluding carboxylic acids is 1. The van der Waals surface area contributed by atoms with Crippen molar-refractivity contribution >= 4 is 11.7 Å². The molecule has 0 fully saturated rings. The van der Waals surface area contributed by atoms with Crippen LogP contribution in [0, 0.1) is 20.8 Å². The van der Waals surface area contributed by atoms with E-state index in [9.17, 15) is 4.79 Å². The predicted molar refractivity (Wildman–Crippen MR) is 119 cm³/mol. The SMILES string of the molecule is CCOc1cccc(N(N)C(=O)NN)c1COc1ccc(-n2nc(C)cc2C)cc1C. The lowest BCUT2D eigenvalue weighted by atomic mass is 10.1. The number of benzene rings is 2. The van der Waals surface area contributed by atoms with Crippen LogP contribution >= 0.6 is 0 Å². The molecule has 31 heavy (non-hydrogen) atoms. The highest BCUT2D eigenvalue weighted by Gasteiger charge is 2.19. The van der Waals surface area contributed by atoms with Crippen molar-refractivity contribution in [2.24, 2.45) is 11.7 Å². The lowest BCUT2D eigenvalue weighted by Crippen LogP contribution is -2.48. The van der Waals surface area contributed by atoms with Gasteiger partial charge in [0, 0.05) is 5.69 Å². The van der Waals surface area contributed by atoms with Gasteiger partial charge in [0.1, 0.15) is 18.1 Å². The van der Waals surface area contributed by atoms with E-state index in [1.165, 1.54) is 0 Å². The maximum atomic E-state index is 11.9. The molecular formula is C22H28N6O3.